The molecule has 1 aromatic rings. The highest BCUT2D eigenvalue weighted by atomic mass is 35.5. The van der Waals surface area contributed by atoms with Crippen LogP contribution in [0.5, 0.6) is 0 Å². The van der Waals surface area contributed by atoms with Gasteiger partial charge in [-0.1, -0.05) is 35.0 Å². The van der Waals surface area contributed by atoms with Crippen molar-refractivity contribution < 1.29 is 8.78 Å². The van der Waals surface area contributed by atoms with Gasteiger partial charge in [0.1, 0.15) is 0 Å². The van der Waals surface area contributed by atoms with Gasteiger partial charge in [0.2, 0.25) is 5.16 Å². The van der Waals surface area contributed by atoms with Gasteiger partial charge in [-0.3, -0.25) is 0 Å². The van der Waals surface area contributed by atoms with Crippen molar-refractivity contribution in [2.45, 2.75) is 16.4 Å². The van der Waals surface area contributed by atoms with E-state index in [9.17, 15) is 8.78 Å². The van der Waals surface area contributed by atoms with Crippen LogP contribution in [-0.4, -0.2) is 20.9 Å². The Kier molecular flexibility index (Phi) is 5.94. The van der Waals surface area contributed by atoms with Crippen LogP contribution in [-0.2, 0) is 0 Å². The van der Waals surface area contributed by atoms with E-state index in [1.807, 2.05) is 0 Å². The summed E-state index contributed by atoms with van der Waals surface area (Å²) >= 11 is 12.4. The molecule has 0 amide bonds. The van der Waals surface area contributed by atoms with Crippen LogP contribution < -0.4 is 0 Å². The average Bonchev–Trinajstić information content (AvgIpc) is 2.24. The van der Waals surface area contributed by atoms with Gasteiger partial charge in [-0.05, 0) is 12.5 Å². The molecule has 8 heteroatoms. The van der Waals surface area contributed by atoms with Gasteiger partial charge in [0.15, 0.2) is 4.84 Å². The van der Waals surface area contributed by atoms with Crippen LogP contribution in [0.15, 0.2) is 23.5 Å². The Morgan fingerprint density at radius 2 is 2.25 bits per heavy atom. The van der Waals surface area contributed by atoms with Crippen LogP contribution in [0.2, 0.25) is 0 Å². The summed E-state index contributed by atoms with van der Waals surface area (Å²) in [5, 5.41) is 7.74. The number of halogens is 4. The molecule has 1 aromatic heterocycles. The van der Waals surface area contributed by atoms with E-state index in [2.05, 4.69) is 15.2 Å². The summed E-state index contributed by atoms with van der Waals surface area (Å²) < 4.78 is 23.4. The van der Waals surface area contributed by atoms with Crippen molar-refractivity contribution in [1.82, 2.24) is 15.2 Å². The maximum absolute atomic E-state index is 11.7. The van der Waals surface area contributed by atoms with Crippen molar-refractivity contribution >= 4 is 35.0 Å². The van der Waals surface area contributed by atoms with Crippen LogP contribution in [0.3, 0.4) is 0 Å². The predicted octanol–water partition coefficient (Wildman–Crippen LogP) is 3.61. The summed E-state index contributed by atoms with van der Waals surface area (Å²) in [6, 6.07) is 0. The lowest BCUT2D eigenvalue weighted by Crippen LogP contribution is -1.96. The third-order valence-electron chi connectivity index (χ3n) is 1.43. The van der Waals surface area contributed by atoms with E-state index >= 15 is 0 Å². The molecule has 1 heterocycles. The van der Waals surface area contributed by atoms with Crippen molar-refractivity contribution in [1.29, 1.82) is 0 Å². The minimum atomic E-state index is -1.69. The number of aromatic nitrogens is 3. The zero-order valence-electron chi connectivity index (χ0n) is 7.91. The molecule has 1 rings (SSSR count). The second-order valence-corrected chi connectivity index (χ2v) is 4.75. The van der Waals surface area contributed by atoms with Gasteiger partial charge in [0.05, 0.1) is 11.9 Å². The molecule has 0 saturated carbocycles. The first-order valence-electron chi connectivity index (χ1n) is 4.21. The highest BCUT2D eigenvalue weighted by molar-refractivity contribution is 7.99. The summed E-state index contributed by atoms with van der Waals surface area (Å²) in [5.74, 6) is 0.442. The first-order chi connectivity index (χ1) is 7.59. The topological polar surface area (TPSA) is 38.7 Å². The molecule has 0 radical (unpaired) electrons. The van der Waals surface area contributed by atoms with E-state index in [0.717, 1.165) is 6.08 Å². The lowest BCUT2D eigenvalue weighted by atomic mass is 10.5. The Labute approximate surface area is 105 Å². The van der Waals surface area contributed by atoms with E-state index in [0.29, 0.717) is 16.6 Å². The molecule has 88 valence electrons. The zero-order chi connectivity index (χ0) is 12.0. The standard InChI is InChI=1S/C8H7Cl2F2N3S/c9-7(10)5-4-13-15-8(14-5)16-3-1-2-6(11)12/h2,4,7H,1,3H2. The Hall–Kier alpha value is -0.460. The fourth-order valence-electron chi connectivity index (χ4n) is 0.784. The molecule has 0 unspecified atom stereocenters. The molecule has 0 aromatic carbocycles. The molecule has 0 N–H and O–H groups in total. The Balaban J connectivity index is 2.48. The van der Waals surface area contributed by atoms with E-state index in [1.54, 1.807) is 0 Å². The molecule has 0 saturated heterocycles. The van der Waals surface area contributed by atoms with Gasteiger partial charge in [-0.25, -0.2) is 4.98 Å². The molecule has 0 aliphatic heterocycles. The molecule has 0 aliphatic rings. The lowest BCUT2D eigenvalue weighted by molar-refractivity contribution is 0.418. The fourth-order valence-corrected chi connectivity index (χ4v) is 1.69. The average molecular weight is 286 g/mol. The zero-order valence-corrected chi connectivity index (χ0v) is 10.2. The summed E-state index contributed by atoms with van der Waals surface area (Å²) in [6.45, 7) is 0. The van der Waals surface area contributed by atoms with E-state index in [-0.39, 0.29) is 6.42 Å². The molecule has 0 spiro atoms. The van der Waals surface area contributed by atoms with E-state index in [4.69, 9.17) is 23.2 Å². The smallest absolute Gasteiger partial charge is 0.222 e. The summed E-state index contributed by atoms with van der Waals surface area (Å²) in [6.07, 6.45) is 0.757. The van der Waals surface area contributed by atoms with Crippen molar-refractivity contribution in [3.8, 4) is 0 Å². The van der Waals surface area contributed by atoms with Gasteiger partial charge in [0, 0.05) is 5.75 Å². The van der Waals surface area contributed by atoms with Crippen LogP contribution in [0.1, 0.15) is 17.0 Å². The molecular weight excluding hydrogens is 279 g/mol. The van der Waals surface area contributed by atoms with Crippen LogP contribution in [0.4, 0.5) is 8.78 Å². The van der Waals surface area contributed by atoms with Crippen molar-refractivity contribution in [2.24, 2.45) is 0 Å². The molecular formula is C8H7Cl2F2N3S. The third-order valence-corrected chi connectivity index (χ3v) is 2.75. The largest absolute Gasteiger partial charge is 0.266 e. The normalized spacial score (nSPS) is 10.6. The summed E-state index contributed by atoms with van der Waals surface area (Å²) in [5.41, 5.74) is 0.396. The number of allylic oxidation sites excluding steroid dienone is 1. The second kappa shape index (κ2) is 6.98. The molecule has 0 bridgehead atoms. The second-order valence-electron chi connectivity index (χ2n) is 2.60. The fraction of sp³-hybridized carbons (Fsp3) is 0.375. The highest BCUT2D eigenvalue weighted by Crippen LogP contribution is 2.23. The third kappa shape index (κ3) is 5.05. The minimum absolute atomic E-state index is 0.242. The number of hydrogen-bond acceptors (Lipinski definition) is 4. The van der Waals surface area contributed by atoms with E-state index < -0.39 is 10.9 Å². The van der Waals surface area contributed by atoms with Crippen LogP contribution in [0, 0.1) is 0 Å². The number of alkyl halides is 2. The molecule has 0 aliphatic carbocycles. The monoisotopic (exact) mass is 285 g/mol. The number of rotatable bonds is 5. The lowest BCUT2D eigenvalue weighted by Gasteiger charge is -2.01. The van der Waals surface area contributed by atoms with Crippen molar-refractivity contribution in [3.05, 3.63) is 24.0 Å². The highest BCUT2D eigenvalue weighted by Gasteiger charge is 2.07. The number of hydrogen-bond donors (Lipinski definition) is 0. The maximum Gasteiger partial charge on any atom is 0.266 e. The summed E-state index contributed by atoms with van der Waals surface area (Å²) in [4.78, 5) is 3.24. The van der Waals surface area contributed by atoms with Crippen molar-refractivity contribution in [3.63, 3.8) is 0 Å². The van der Waals surface area contributed by atoms with Gasteiger partial charge < -0.3 is 0 Å². The molecule has 16 heavy (non-hydrogen) atoms. The Morgan fingerprint density at radius 1 is 1.50 bits per heavy atom. The minimum Gasteiger partial charge on any atom is -0.222 e. The Bertz CT molecular complexity index is 372. The molecule has 0 fully saturated rings. The number of nitrogens with zero attached hydrogens (tertiary/aromatic N) is 3. The van der Waals surface area contributed by atoms with Gasteiger partial charge >= 0.3 is 0 Å². The van der Waals surface area contributed by atoms with Crippen molar-refractivity contribution in [2.75, 3.05) is 5.75 Å². The first-order valence-corrected chi connectivity index (χ1v) is 6.07. The van der Waals surface area contributed by atoms with Gasteiger partial charge in [-0.15, -0.1) is 5.10 Å². The molecule has 3 nitrogen and oxygen atoms in total. The SMILES string of the molecule is FC(F)=CCCSc1nncc(C(Cl)Cl)n1. The quantitative estimate of drug-likeness (QED) is 0.471. The number of thioether (sulfide) groups is 1. The van der Waals surface area contributed by atoms with Crippen LogP contribution in [0.25, 0.3) is 0 Å². The molecule has 0 atom stereocenters. The van der Waals surface area contributed by atoms with Crippen LogP contribution >= 0.6 is 35.0 Å². The summed E-state index contributed by atoms with van der Waals surface area (Å²) in [7, 11) is 0. The van der Waals surface area contributed by atoms with Gasteiger partial charge in [-0.2, -0.15) is 13.9 Å². The van der Waals surface area contributed by atoms with E-state index in [1.165, 1.54) is 18.0 Å². The Morgan fingerprint density at radius 3 is 2.88 bits per heavy atom. The first kappa shape index (κ1) is 13.6. The predicted molar refractivity (Wildman–Crippen MR) is 59.9 cm³/mol. The maximum atomic E-state index is 11.7. The van der Waals surface area contributed by atoms with Gasteiger partial charge in [0.25, 0.3) is 6.08 Å².